The van der Waals surface area contributed by atoms with E-state index in [2.05, 4.69) is 0 Å². The minimum absolute atomic E-state index is 0.00318. The van der Waals surface area contributed by atoms with Crippen LogP contribution in [-0.4, -0.2) is 67.8 Å². The van der Waals surface area contributed by atoms with Crippen LogP contribution in [0.2, 0.25) is 0 Å². The standard InChI is InChI=1S/C12H26O6/c1-2-5-8(14)10(16)12(18)11(17)9(15)6-3-4-7-13/h8-18H,2-7H2,1H3/t8-,9-,10+,11-,12-/m1/s1. The van der Waals surface area contributed by atoms with Gasteiger partial charge in [0.05, 0.1) is 12.2 Å². The molecule has 6 N–H and O–H groups in total. The van der Waals surface area contributed by atoms with Gasteiger partial charge in [0, 0.05) is 6.61 Å². The van der Waals surface area contributed by atoms with Crippen LogP contribution < -0.4 is 0 Å². The van der Waals surface area contributed by atoms with E-state index in [-0.39, 0.29) is 13.0 Å². The molecule has 0 aliphatic rings. The van der Waals surface area contributed by atoms with Gasteiger partial charge < -0.3 is 30.6 Å². The van der Waals surface area contributed by atoms with Crippen molar-refractivity contribution in [1.29, 1.82) is 0 Å². The predicted octanol–water partition coefficient (Wildman–Crippen LogP) is -1.25. The molecule has 0 spiro atoms. The molecule has 18 heavy (non-hydrogen) atoms. The van der Waals surface area contributed by atoms with Gasteiger partial charge >= 0.3 is 0 Å². The second-order valence-electron chi connectivity index (χ2n) is 4.61. The fourth-order valence-electron chi connectivity index (χ4n) is 1.76. The van der Waals surface area contributed by atoms with Crippen molar-refractivity contribution in [3.05, 3.63) is 0 Å². The molecule has 0 bridgehead atoms. The highest BCUT2D eigenvalue weighted by atomic mass is 16.4. The average Bonchev–Trinajstić information content (AvgIpc) is 2.36. The highest BCUT2D eigenvalue weighted by molar-refractivity contribution is 4.84. The molecule has 0 rings (SSSR count). The highest BCUT2D eigenvalue weighted by Crippen LogP contribution is 2.14. The maximum Gasteiger partial charge on any atom is 0.111 e. The first kappa shape index (κ1) is 17.8. The van der Waals surface area contributed by atoms with Gasteiger partial charge in [-0.25, -0.2) is 0 Å². The summed E-state index contributed by atoms with van der Waals surface area (Å²) in [6.07, 6.45) is -4.70. The Balaban J connectivity index is 4.17. The molecule has 0 aromatic carbocycles. The number of hydrogen-bond donors (Lipinski definition) is 6. The maximum atomic E-state index is 9.64. The van der Waals surface area contributed by atoms with Crippen molar-refractivity contribution < 1.29 is 30.6 Å². The largest absolute Gasteiger partial charge is 0.396 e. The van der Waals surface area contributed by atoms with E-state index in [1.807, 2.05) is 6.92 Å². The average molecular weight is 266 g/mol. The Hall–Kier alpha value is -0.240. The first-order valence-electron chi connectivity index (χ1n) is 6.46. The van der Waals surface area contributed by atoms with Crippen LogP contribution in [-0.2, 0) is 0 Å². The molecular weight excluding hydrogens is 240 g/mol. The van der Waals surface area contributed by atoms with Gasteiger partial charge in [-0.1, -0.05) is 13.3 Å². The lowest BCUT2D eigenvalue weighted by molar-refractivity contribution is -0.135. The molecule has 0 aromatic heterocycles. The summed E-state index contributed by atoms with van der Waals surface area (Å²) >= 11 is 0. The summed E-state index contributed by atoms with van der Waals surface area (Å²) in [5.74, 6) is 0. The van der Waals surface area contributed by atoms with E-state index in [4.69, 9.17) is 5.11 Å². The van der Waals surface area contributed by atoms with Crippen LogP contribution >= 0.6 is 0 Å². The molecule has 6 heteroatoms. The molecule has 0 saturated heterocycles. The van der Waals surface area contributed by atoms with Crippen molar-refractivity contribution in [2.45, 2.75) is 69.5 Å². The molecule has 110 valence electrons. The van der Waals surface area contributed by atoms with E-state index in [0.717, 1.165) is 0 Å². The quantitative estimate of drug-likeness (QED) is 0.275. The molecule has 0 unspecified atom stereocenters. The third-order valence-corrected chi connectivity index (χ3v) is 2.98. The lowest BCUT2D eigenvalue weighted by Gasteiger charge is -2.29. The van der Waals surface area contributed by atoms with Gasteiger partial charge in [0.1, 0.15) is 18.3 Å². The molecule has 5 atom stereocenters. The van der Waals surface area contributed by atoms with Crippen molar-refractivity contribution in [2.24, 2.45) is 0 Å². The predicted molar refractivity (Wildman–Crippen MR) is 65.9 cm³/mol. The van der Waals surface area contributed by atoms with Crippen molar-refractivity contribution in [2.75, 3.05) is 6.61 Å². The smallest absolute Gasteiger partial charge is 0.111 e. The zero-order chi connectivity index (χ0) is 14.1. The monoisotopic (exact) mass is 266 g/mol. The van der Waals surface area contributed by atoms with Crippen LogP contribution in [0.15, 0.2) is 0 Å². The Bertz CT molecular complexity index is 201. The molecule has 0 saturated carbocycles. The van der Waals surface area contributed by atoms with Crippen LogP contribution in [0.4, 0.5) is 0 Å². The van der Waals surface area contributed by atoms with E-state index in [1.54, 1.807) is 0 Å². The Morgan fingerprint density at radius 3 is 1.67 bits per heavy atom. The third-order valence-electron chi connectivity index (χ3n) is 2.98. The molecular formula is C12H26O6. The zero-order valence-corrected chi connectivity index (χ0v) is 10.8. The summed E-state index contributed by atoms with van der Waals surface area (Å²) in [5, 5.41) is 56.5. The van der Waals surface area contributed by atoms with Crippen LogP contribution in [0, 0.1) is 0 Å². The number of hydrogen-bond acceptors (Lipinski definition) is 6. The minimum Gasteiger partial charge on any atom is -0.396 e. The second kappa shape index (κ2) is 9.66. The van der Waals surface area contributed by atoms with Gasteiger partial charge in [-0.3, -0.25) is 0 Å². The Morgan fingerprint density at radius 2 is 1.22 bits per heavy atom. The molecule has 0 aromatic rings. The molecule has 6 nitrogen and oxygen atoms in total. The van der Waals surface area contributed by atoms with Crippen LogP contribution in [0.25, 0.3) is 0 Å². The number of aliphatic hydroxyl groups excluding tert-OH is 6. The molecule has 0 radical (unpaired) electrons. The highest BCUT2D eigenvalue weighted by Gasteiger charge is 2.33. The summed E-state index contributed by atoms with van der Waals surface area (Å²) in [4.78, 5) is 0. The van der Waals surface area contributed by atoms with Gasteiger partial charge in [-0.05, 0) is 25.7 Å². The normalized spacial score (nSPS) is 20.2. The molecule has 0 heterocycles. The number of aliphatic hydroxyl groups is 6. The Morgan fingerprint density at radius 1 is 0.722 bits per heavy atom. The van der Waals surface area contributed by atoms with Gasteiger partial charge in [-0.2, -0.15) is 0 Å². The van der Waals surface area contributed by atoms with E-state index in [0.29, 0.717) is 25.7 Å². The maximum absolute atomic E-state index is 9.64. The number of unbranched alkanes of at least 4 members (excludes halogenated alkanes) is 1. The van der Waals surface area contributed by atoms with Crippen LogP contribution in [0.1, 0.15) is 39.0 Å². The van der Waals surface area contributed by atoms with Gasteiger partial charge in [0.25, 0.3) is 0 Å². The first-order valence-corrected chi connectivity index (χ1v) is 6.46. The lowest BCUT2D eigenvalue weighted by Crippen LogP contribution is -2.49. The minimum atomic E-state index is -1.59. The fraction of sp³-hybridized carbons (Fsp3) is 1.00. The third kappa shape index (κ3) is 6.08. The zero-order valence-electron chi connectivity index (χ0n) is 10.8. The molecule has 0 aliphatic carbocycles. The molecule has 0 fully saturated rings. The van der Waals surface area contributed by atoms with Crippen molar-refractivity contribution in [1.82, 2.24) is 0 Å². The first-order chi connectivity index (χ1) is 8.45. The number of rotatable bonds is 10. The Labute approximate surface area is 108 Å². The van der Waals surface area contributed by atoms with Crippen LogP contribution in [0.3, 0.4) is 0 Å². The van der Waals surface area contributed by atoms with Crippen molar-refractivity contribution in [3.63, 3.8) is 0 Å². The summed E-state index contributed by atoms with van der Waals surface area (Å²) in [6.45, 7) is 1.83. The second-order valence-corrected chi connectivity index (χ2v) is 4.61. The van der Waals surface area contributed by atoms with Gasteiger partial charge in [0.2, 0.25) is 0 Å². The molecule has 0 amide bonds. The van der Waals surface area contributed by atoms with Crippen LogP contribution in [0.5, 0.6) is 0 Å². The van der Waals surface area contributed by atoms with Crippen molar-refractivity contribution >= 4 is 0 Å². The SMILES string of the molecule is CCC[C@@H](O)[C@H](O)[C@@H](O)[C@H](O)[C@H](O)CCCCO. The lowest BCUT2D eigenvalue weighted by atomic mass is 9.95. The molecule has 0 aliphatic heterocycles. The fourth-order valence-corrected chi connectivity index (χ4v) is 1.76. The summed E-state index contributed by atoms with van der Waals surface area (Å²) in [7, 11) is 0. The summed E-state index contributed by atoms with van der Waals surface area (Å²) in [6, 6.07) is 0. The van der Waals surface area contributed by atoms with Gasteiger partial charge in [-0.15, -0.1) is 0 Å². The summed E-state index contributed by atoms with van der Waals surface area (Å²) < 4.78 is 0. The van der Waals surface area contributed by atoms with E-state index < -0.39 is 30.5 Å². The summed E-state index contributed by atoms with van der Waals surface area (Å²) in [5.41, 5.74) is 0. The topological polar surface area (TPSA) is 121 Å². The van der Waals surface area contributed by atoms with E-state index in [9.17, 15) is 25.5 Å². The van der Waals surface area contributed by atoms with Gasteiger partial charge in [0.15, 0.2) is 0 Å². The van der Waals surface area contributed by atoms with E-state index in [1.165, 1.54) is 0 Å². The van der Waals surface area contributed by atoms with Crippen molar-refractivity contribution in [3.8, 4) is 0 Å². The van der Waals surface area contributed by atoms with E-state index >= 15 is 0 Å². The Kier molecular flexibility index (Phi) is 9.53.